The number of amides is 3. The summed E-state index contributed by atoms with van der Waals surface area (Å²) in [5.74, 6) is 0.135. The second-order valence-electron chi connectivity index (χ2n) is 6.63. The number of ether oxygens (including phenoxy) is 1. The van der Waals surface area contributed by atoms with Crippen LogP contribution in [0.5, 0.6) is 5.75 Å². The molecule has 3 heterocycles. The van der Waals surface area contributed by atoms with Crippen LogP contribution in [-0.2, 0) is 4.79 Å². The molecule has 27 heavy (non-hydrogen) atoms. The van der Waals surface area contributed by atoms with Crippen LogP contribution in [0.25, 0.3) is 0 Å². The van der Waals surface area contributed by atoms with E-state index in [4.69, 9.17) is 4.74 Å². The number of aromatic nitrogens is 1. The molecule has 2 N–H and O–H groups in total. The van der Waals surface area contributed by atoms with Gasteiger partial charge in [0, 0.05) is 37.9 Å². The summed E-state index contributed by atoms with van der Waals surface area (Å²) in [7, 11) is 0. The van der Waals surface area contributed by atoms with Gasteiger partial charge in [-0.15, -0.1) is 0 Å². The van der Waals surface area contributed by atoms with Crippen molar-refractivity contribution in [2.24, 2.45) is 0 Å². The van der Waals surface area contributed by atoms with Crippen LogP contribution in [0.15, 0.2) is 36.5 Å². The number of rotatable bonds is 2. The fraction of sp³-hybridized carbons (Fsp3) is 0.316. The second kappa shape index (κ2) is 6.79. The zero-order chi connectivity index (χ0) is 19.0. The number of carbonyl (C=O) groups is 3. The van der Waals surface area contributed by atoms with Gasteiger partial charge in [0.05, 0.1) is 5.69 Å². The van der Waals surface area contributed by atoms with Crippen LogP contribution in [0.3, 0.4) is 0 Å². The lowest BCUT2D eigenvalue weighted by Crippen LogP contribution is -2.50. The van der Waals surface area contributed by atoms with E-state index in [1.54, 1.807) is 53.3 Å². The van der Waals surface area contributed by atoms with Gasteiger partial charge in [0.15, 0.2) is 6.10 Å². The number of hydrogen-bond donors (Lipinski definition) is 2. The maximum Gasteiger partial charge on any atom is 0.270 e. The first-order valence-corrected chi connectivity index (χ1v) is 8.86. The maximum atomic E-state index is 12.8. The highest BCUT2D eigenvalue weighted by molar-refractivity contribution is 6.01. The van der Waals surface area contributed by atoms with Gasteiger partial charge in [0.1, 0.15) is 11.4 Å². The lowest BCUT2D eigenvalue weighted by molar-refractivity contribution is -0.122. The van der Waals surface area contributed by atoms with Crippen molar-refractivity contribution < 1.29 is 19.1 Å². The van der Waals surface area contributed by atoms with Crippen molar-refractivity contribution in [1.82, 2.24) is 14.8 Å². The van der Waals surface area contributed by atoms with Crippen molar-refractivity contribution in [3.8, 4) is 5.75 Å². The van der Waals surface area contributed by atoms with Gasteiger partial charge in [0.25, 0.3) is 17.7 Å². The molecule has 2 aromatic rings. The van der Waals surface area contributed by atoms with Crippen LogP contribution in [0.2, 0.25) is 0 Å². The van der Waals surface area contributed by atoms with E-state index in [-0.39, 0.29) is 17.7 Å². The van der Waals surface area contributed by atoms with E-state index in [9.17, 15) is 14.4 Å². The molecule has 1 aromatic heterocycles. The van der Waals surface area contributed by atoms with E-state index < -0.39 is 6.10 Å². The molecule has 140 valence electrons. The van der Waals surface area contributed by atoms with Crippen molar-refractivity contribution in [3.05, 3.63) is 47.8 Å². The molecule has 0 spiro atoms. The number of carbonyl (C=O) groups excluding carboxylic acids is 3. The Hall–Kier alpha value is -3.29. The number of nitrogens with zero attached hydrogens (tertiary/aromatic N) is 2. The third-order valence-electron chi connectivity index (χ3n) is 4.84. The minimum absolute atomic E-state index is 0.0603. The quantitative estimate of drug-likeness (QED) is 0.836. The summed E-state index contributed by atoms with van der Waals surface area (Å²) in [6, 6.07) is 8.56. The van der Waals surface area contributed by atoms with Gasteiger partial charge in [-0.3, -0.25) is 14.4 Å². The highest BCUT2D eigenvalue weighted by Crippen LogP contribution is 2.30. The average molecular weight is 368 g/mol. The number of nitrogens with one attached hydrogen (secondary N) is 2. The highest BCUT2D eigenvalue weighted by atomic mass is 16.5. The Morgan fingerprint density at radius 3 is 2.44 bits per heavy atom. The van der Waals surface area contributed by atoms with Crippen molar-refractivity contribution in [2.75, 3.05) is 31.5 Å². The SMILES string of the molecule is CC1Oc2ccc(C(=O)N3CCN(C(=O)c4ccc[nH]4)CC3)cc2NC1=O. The minimum atomic E-state index is -0.552. The number of benzene rings is 1. The summed E-state index contributed by atoms with van der Waals surface area (Å²) in [4.78, 5) is 43.3. The van der Waals surface area contributed by atoms with E-state index in [2.05, 4.69) is 10.3 Å². The number of aromatic amines is 1. The second-order valence-corrected chi connectivity index (χ2v) is 6.63. The molecule has 8 heteroatoms. The third-order valence-corrected chi connectivity index (χ3v) is 4.84. The van der Waals surface area contributed by atoms with Gasteiger partial charge in [-0.1, -0.05) is 0 Å². The molecule has 4 rings (SSSR count). The fourth-order valence-electron chi connectivity index (χ4n) is 3.27. The van der Waals surface area contributed by atoms with Crippen molar-refractivity contribution in [1.29, 1.82) is 0 Å². The summed E-state index contributed by atoms with van der Waals surface area (Å²) >= 11 is 0. The Morgan fingerprint density at radius 2 is 1.78 bits per heavy atom. The summed E-state index contributed by atoms with van der Waals surface area (Å²) in [5, 5.41) is 2.75. The normalized spacial score (nSPS) is 19.1. The lowest BCUT2D eigenvalue weighted by atomic mass is 10.1. The largest absolute Gasteiger partial charge is 0.479 e. The fourth-order valence-corrected chi connectivity index (χ4v) is 3.27. The first-order valence-electron chi connectivity index (χ1n) is 8.86. The zero-order valence-corrected chi connectivity index (χ0v) is 14.9. The summed E-state index contributed by atoms with van der Waals surface area (Å²) < 4.78 is 5.52. The van der Waals surface area contributed by atoms with Crippen LogP contribution in [0.1, 0.15) is 27.8 Å². The Labute approximate surface area is 156 Å². The molecule has 0 radical (unpaired) electrons. The summed E-state index contributed by atoms with van der Waals surface area (Å²) in [6.07, 6.45) is 1.16. The average Bonchev–Trinajstić information content (AvgIpc) is 3.22. The van der Waals surface area contributed by atoms with Crippen molar-refractivity contribution >= 4 is 23.4 Å². The number of piperazine rings is 1. The predicted octanol–water partition coefficient (Wildman–Crippen LogP) is 1.33. The number of fused-ring (bicyclic) bond motifs is 1. The van der Waals surface area contributed by atoms with Gasteiger partial charge < -0.3 is 24.8 Å². The number of anilines is 1. The van der Waals surface area contributed by atoms with E-state index >= 15 is 0 Å². The molecule has 0 saturated carbocycles. The topological polar surface area (TPSA) is 94.7 Å². The molecule has 0 bridgehead atoms. The van der Waals surface area contributed by atoms with Crippen LogP contribution in [-0.4, -0.2) is 64.8 Å². The van der Waals surface area contributed by atoms with Gasteiger partial charge >= 0.3 is 0 Å². The molecule has 2 aliphatic heterocycles. The van der Waals surface area contributed by atoms with Crippen LogP contribution >= 0.6 is 0 Å². The molecule has 0 aliphatic carbocycles. The predicted molar refractivity (Wildman–Crippen MR) is 97.8 cm³/mol. The first-order chi connectivity index (χ1) is 13.0. The number of H-pyrrole nitrogens is 1. The van der Waals surface area contributed by atoms with E-state index in [0.717, 1.165) is 0 Å². The Morgan fingerprint density at radius 1 is 1.07 bits per heavy atom. The number of hydrogen-bond acceptors (Lipinski definition) is 4. The molecular weight excluding hydrogens is 348 g/mol. The van der Waals surface area contributed by atoms with Gasteiger partial charge in [-0.05, 0) is 37.3 Å². The van der Waals surface area contributed by atoms with Crippen molar-refractivity contribution in [2.45, 2.75) is 13.0 Å². The highest BCUT2D eigenvalue weighted by Gasteiger charge is 2.28. The van der Waals surface area contributed by atoms with Crippen molar-refractivity contribution in [3.63, 3.8) is 0 Å². The Kier molecular flexibility index (Phi) is 4.31. The monoisotopic (exact) mass is 368 g/mol. The molecule has 2 aliphatic rings. The van der Waals surface area contributed by atoms with Crippen LogP contribution in [0.4, 0.5) is 5.69 Å². The Bertz CT molecular complexity index is 885. The molecule has 1 fully saturated rings. The first kappa shape index (κ1) is 17.1. The zero-order valence-electron chi connectivity index (χ0n) is 14.9. The van der Waals surface area contributed by atoms with E-state index in [1.165, 1.54) is 0 Å². The van der Waals surface area contributed by atoms with Crippen LogP contribution < -0.4 is 10.1 Å². The lowest BCUT2D eigenvalue weighted by Gasteiger charge is -2.34. The molecule has 3 amide bonds. The molecule has 1 aromatic carbocycles. The third kappa shape index (κ3) is 3.25. The Balaban J connectivity index is 1.42. The van der Waals surface area contributed by atoms with E-state index in [1.807, 2.05) is 0 Å². The van der Waals surface area contributed by atoms with Gasteiger partial charge in [0.2, 0.25) is 0 Å². The van der Waals surface area contributed by atoms with Crippen LogP contribution in [0, 0.1) is 0 Å². The molecule has 8 nitrogen and oxygen atoms in total. The minimum Gasteiger partial charge on any atom is -0.479 e. The maximum absolute atomic E-state index is 12.8. The van der Waals surface area contributed by atoms with Gasteiger partial charge in [-0.25, -0.2) is 0 Å². The van der Waals surface area contributed by atoms with E-state index in [0.29, 0.717) is 48.9 Å². The molecule has 1 atom stereocenters. The van der Waals surface area contributed by atoms with Gasteiger partial charge in [-0.2, -0.15) is 0 Å². The standard InChI is InChI=1S/C19H20N4O4/c1-12-17(24)21-15-11-13(4-5-16(15)27-12)18(25)22-7-9-23(10-8-22)19(26)14-3-2-6-20-14/h2-6,11-12,20H,7-10H2,1H3,(H,21,24). The molecule has 1 unspecified atom stereocenters. The molecule has 1 saturated heterocycles. The summed E-state index contributed by atoms with van der Waals surface area (Å²) in [6.45, 7) is 3.55. The molecular formula is C19H20N4O4. The summed E-state index contributed by atoms with van der Waals surface area (Å²) in [5.41, 5.74) is 1.54. The smallest absolute Gasteiger partial charge is 0.270 e.